The fourth-order valence-electron chi connectivity index (χ4n) is 2.75. The first-order valence-corrected chi connectivity index (χ1v) is 9.25. The van der Waals surface area contributed by atoms with Gasteiger partial charge >= 0.3 is 0 Å². The molecule has 0 bridgehead atoms. The van der Waals surface area contributed by atoms with Crippen LogP contribution in [0.3, 0.4) is 0 Å². The number of nitrogens with zero attached hydrogens (tertiary/aromatic N) is 3. The molecule has 0 unspecified atom stereocenters. The summed E-state index contributed by atoms with van der Waals surface area (Å²) in [5.41, 5.74) is 6.73. The zero-order valence-electron chi connectivity index (χ0n) is 17.1. The van der Waals surface area contributed by atoms with E-state index < -0.39 is 0 Å². The van der Waals surface area contributed by atoms with Gasteiger partial charge in [-0.15, -0.1) is 0 Å². The predicted molar refractivity (Wildman–Crippen MR) is 116 cm³/mol. The lowest BCUT2D eigenvalue weighted by Crippen LogP contribution is -2.07. The highest BCUT2D eigenvalue weighted by atomic mass is 16.5. The Balaban J connectivity index is 1.71. The second kappa shape index (κ2) is 9.54. The summed E-state index contributed by atoms with van der Waals surface area (Å²) in [7, 11) is 3.22. The highest BCUT2D eigenvalue weighted by Gasteiger charge is 2.07. The van der Waals surface area contributed by atoms with Crippen LogP contribution in [0, 0.1) is 6.92 Å². The summed E-state index contributed by atoms with van der Waals surface area (Å²) in [6.45, 7) is 4.49. The highest BCUT2D eigenvalue weighted by Crippen LogP contribution is 2.27. The molecular weight excluding hydrogens is 366 g/mol. The third kappa shape index (κ3) is 5.44. The van der Waals surface area contributed by atoms with Crippen molar-refractivity contribution in [2.45, 2.75) is 20.4 Å². The first kappa shape index (κ1) is 20.1. The highest BCUT2D eigenvalue weighted by molar-refractivity contribution is 5.99. The van der Waals surface area contributed by atoms with Crippen molar-refractivity contribution < 1.29 is 9.47 Å². The van der Waals surface area contributed by atoms with Gasteiger partial charge in [0.25, 0.3) is 0 Å². The van der Waals surface area contributed by atoms with E-state index in [4.69, 9.17) is 9.47 Å². The number of benzene rings is 2. The molecule has 0 saturated carbocycles. The Morgan fingerprint density at radius 1 is 0.966 bits per heavy atom. The van der Waals surface area contributed by atoms with Crippen molar-refractivity contribution in [2.75, 3.05) is 25.0 Å². The first-order chi connectivity index (χ1) is 14.1. The quantitative estimate of drug-likeness (QED) is 0.441. The third-order valence-corrected chi connectivity index (χ3v) is 4.29. The van der Waals surface area contributed by atoms with E-state index in [1.54, 1.807) is 14.2 Å². The lowest BCUT2D eigenvalue weighted by atomic mass is 10.1. The van der Waals surface area contributed by atoms with E-state index in [0.717, 1.165) is 22.5 Å². The normalized spacial score (nSPS) is 11.1. The summed E-state index contributed by atoms with van der Waals surface area (Å²) >= 11 is 0. The van der Waals surface area contributed by atoms with Crippen molar-refractivity contribution in [3.05, 3.63) is 71.4 Å². The van der Waals surface area contributed by atoms with Gasteiger partial charge in [-0.1, -0.05) is 30.3 Å². The minimum Gasteiger partial charge on any atom is -0.493 e. The molecule has 150 valence electrons. The molecule has 7 heteroatoms. The second-order valence-electron chi connectivity index (χ2n) is 6.44. The molecule has 0 radical (unpaired) electrons. The van der Waals surface area contributed by atoms with Gasteiger partial charge in [0, 0.05) is 23.9 Å². The van der Waals surface area contributed by atoms with Crippen molar-refractivity contribution in [2.24, 2.45) is 5.10 Å². The topological polar surface area (TPSA) is 80.7 Å². The SMILES string of the molecule is COc1ccc(/C(C)=N\Nc2cc(C)nc(NCc3ccccc3)n2)cc1OC. The zero-order valence-corrected chi connectivity index (χ0v) is 17.1. The molecule has 0 spiro atoms. The number of methoxy groups -OCH3 is 2. The summed E-state index contributed by atoms with van der Waals surface area (Å²) in [6.07, 6.45) is 0. The van der Waals surface area contributed by atoms with Gasteiger partial charge in [-0.3, -0.25) is 5.43 Å². The van der Waals surface area contributed by atoms with E-state index in [1.165, 1.54) is 0 Å². The van der Waals surface area contributed by atoms with E-state index in [1.807, 2.05) is 56.3 Å². The van der Waals surface area contributed by atoms with Gasteiger partial charge in [0.1, 0.15) is 0 Å². The Hall–Kier alpha value is -3.61. The minimum atomic E-state index is 0.551. The van der Waals surface area contributed by atoms with Crippen LogP contribution in [0.4, 0.5) is 11.8 Å². The molecule has 0 aliphatic carbocycles. The van der Waals surface area contributed by atoms with Crippen LogP contribution < -0.4 is 20.2 Å². The summed E-state index contributed by atoms with van der Waals surface area (Å²) in [4.78, 5) is 8.93. The van der Waals surface area contributed by atoms with Crippen molar-refractivity contribution in [3.63, 3.8) is 0 Å². The van der Waals surface area contributed by atoms with Gasteiger partial charge in [-0.25, -0.2) is 4.98 Å². The zero-order chi connectivity index (χ0) is 20.6. The maximum atomic E-state index is 5.36. The average molecular weight is 391 g/mol. The number of hydrogen-bond acceptors (Lipinski definition) is 7. The molecule has 0 aliphatic heterocycles. The standard InChI is InChI=1S/C22H25N5O2/c1-15-12-21(25-22(24-15)23-14-17-8-6-5-7-9-17)27-26-16(2)18-10-11-19(28-3)20(13-18)29-4/h5-13H,14H2,1-4H3,(H2,23,24,25,27)/b26-16-. The second-order valence-corrected chi connectivity index (χ2v) is 6.44. The molecule has 1 aromatic heterocycles. The summed E-state index contributed by atoms with van der Waals surface area (Å²) in [5.74, 6) is 2.51. The number of nitrogens with one attached hydrogen (secondary N) is 2. The molecule has 3 aromatic rings. The Morgan fingerprint density at radius 3 is 2.45 bits per heavy atom. The Kier molecular flexibility index (Phi) is 6.63. The van der Waals surface area contributed by atoms with Gasteiger partial charge in [0.05, 0.1) is 19.9 Å². The minimum absolute atomic E-state index is 0.551. The van der Waals surface area contributed by atoms with Gasteiger partial charge in [-0.05, 0) is 37.6 Å². The molecule has 0 fully saturated rings. The molecule has 0 atom stereocenters. The van der Waals surface area contributed by atoms with Gasteiger partial charge in [-0.2, -0.15) is 10.1 Å². The lowest BCUT2D eigenvalue weighted by molar-refractivity contribution is 0.355. The molecular formula is C22H25N5O2. The molecule has 7 nitrogen and oxygen atoms in total. The first-order valence-electron chi connectivity index (χ1n) is 9.25. The largest absolute Gasteiger partial charge is 0.493 e. The number of hydrazone groups is 1. The fraction of sp³-hybridized carbons (Fsp3) is 0.227. The molecule has 2 aromatic carbocycles. The monoisotopic (exact) mass is 391 g/mol. The lowest BCUT2D eigenvalue weighted by Gasteiger charge is -2.10. The van der Waals surface area contributed by atoms with Crippen LogP contribution in [0.5, 0.6) is 11.5 Å². The molecule has 1 heterocycles. The van der Waals surface area contributed by atoms with Gasteiger partial charge in [0.2, 0.25) is 5.95 Å². The molecule has 0 amide bonds. The van der Waals surface area contributed by atoms with Crippen LogP contribution in [0.25, 0.3) is 0 Å². The number of hydrogen-bond donors (Lipinski definition) is 2. The molecule has 29 heavy (non-hydrogen) atoms. The van der Waals surface area contributed by atoms with Crippen molar-refractivity contribution in [1.82, 2.24) is 9.97 Å². The number of aromatic nitrogens is 2. The van der Waals surface area contributed by atoms with Crippen LogP contribution >= 0.6 is 0 Å². The number of anilines is 2. The van der Waals surface area contributed by atoms with E-state index >= 15 is 0 Å². The van der Waals surface area contributed by atoms with E-state index in [0.29, 0.717) is 29.8 Å². The molecule has 0 saturated heterocycles. The molecule has 2 N–H and O–H groups in total. The Bertz CT molecular complexity index is 990. The molecule has 0 aliphatic rings. The number of aryl methyl sites for hydroxylation is 1. The third-order valence-electron chi connectivity index (χ3n) is 4.29. The summed E-state index contributed by atoms with van der Waals surface area (Å²) in [6, 6.07) is 17.6. The Labute approximate surface area is 170 Å². The van der Waals surface area contributed by atoms with Crippen LogP contribution in [0.2, 0.25) is 0 Å². The van der Waals surface area contributed by atoms with E-state index in [9.17, 15) is 0 Å². The fourth-order valence-corrected chi connectivity index (χ4v) is 2.75. The number of rotatable bonds is 8. The van der Waals surface area contributed by atoms with Gasteiger partial charge < -0.3 is 14.8 Å². The van der Waals surface area contributed by atoms with Crippen molar-refractivity contribution >= 4 is 17.5 Å². The maximum absolute atomic E-state index is 5.36. The van der Waals surface area contributed by atoms with E-state index in [-0.39, 0.29) is 0 Å². The van der Waals surface area contributed by atoms with Crippen molar-refractivity contribution in [3.8, 4) is 11.5 Å². The Morgan fingerprint density at radius 2 is 1.72 bits per heavy atom. The predicted octanol–water partition coefficient (Wildman–Crippen LogP) is 4.25. The van der Waals surface area contributed by atoms with Crippen LogP contribution in [-0.4, -0.2) is 29.9 Å². The van der Waals surface area contributed by atoms with Gasteiger partial charge in [0.15, 0.2) is 17.3 Å². The molecule has 3 rings (SSSR count). The van der Waals surface area contributed by atoms with Crippen LogP contribution in [0.1, 0.15) is 23.7 Å². The summed E-state index contributed by atoms with van der Waals surface area (Å²) in [5, 5.41) is 7.70. The smallest absolute Gasteiger partial charge is 0.225 e. The van der Waals surface area contributed by atoms with E-state index in [2.05, 4.69) is 37.9 Å². The van der Waals surface area contributed by atoms with Crippen molar-refractivity contribution in [1.29, 1.82) is 0 Å². The maximum Gasteiger partial charge on any atom is 0.225 e. The van der Waals surface area contributed by atoms with Crippen LogP contribution in [0.15, 0.2) is 59.7 Å². The summed E-state index contributed by atoms with van der Waals surface area (Å²) < 4.78 is 10.6. The number of ether oxygens (including phenoxy) is 2. The average Bonchev–Trinajstić information content (AvgIpc) is 2.76. The van der Waals surface area contributed by atoms with Crippen LogP contribution in [-0.2, 0) is 6.54 Å².